The van der Waals surface area contributed by atoms with Gasteiger partial charge in [-0.2, -0.15) is 0 Å². The number of hydrogen-bond donors (Lipinski definition) is 1. The molecule has 1 aromatic carbocycles. The fraction of sp³-hybridized carbons (Fsp3) is 0.200. The smallest absolute Gasteiger partial charge is 0.286 e. The summed E-state index contributed by atoms with van der Waals surface area (Å²) in [4.78, 5) is 24.7. The molecular formula is C20H20N6O3. The number of amides is 1. The molecule has 0 fully saturated rings. The Balaban J connectivity index is 1.66. The number of benzene rings is 1. The standard InChI is InChI=1S/C20H20N6O3/c1-13-18(20(28)26(24(13)3)14-7-5-4-6-8-14)16-12-25(23-22-16)11-15-9-10-17(29-15)19(27)21-2/h4-10,12H,11H2,1-3H3,(H,21,27). The highest BCUT2D eigenvalue weighted by molar-refractivity contribution is 5.91. The summed E-state index contributed by atoms with van der Waals surface area (Å²) in [5, 5.41) is 10.8. The summed E-state index contributed by atoms with van der Waals surface area (Å²) in [7, 11) is 3.37. The van der Waals surface area contributed by atoms with Crippen molar-refractivity contribution in [2.75, 3.05) is 7.05 Å². The van der Waals surface area contributed by atoms with Gasteiger partial charge < -0.3 is 9.73 Å². The summed E-state index contributed by atoms with van der Waals surface area (Å²) in [6, 6.07) is 12.7. The molecule has 0 aliphatic heterocycles. The Morgan fingerprint density at radius 1 is 1.17 bits per heavy atom. The van der Waals surface area contributed by atoms with E-state index in [1.165, 1.54) is 0 Å². The van der Waals surface area contributed by atoms with E-state index >= 15 is 0 Å². The molecule has 9 heteroatoms. The molecular weight excluding hydrogens is 372 g/mol. The molecule has 0 saturated carbocycles. The van der Waals surface area contributed by atoms with E-state index in [4.69, 9.17) is 4.42 Å². The predicted molar refractivity (Wildman–Crippen MR) is 106 cm³/mol. The highest BCUT2D eigenvalue weighted by Gasteiger charge is 2.20. The maximum absolute atomic E-state index is 13.1. The summed E-state index contributed by atoms with van der Waals surface area (Å²) in [6.07, 6.45) is 1.70. The number of para-hydroxylation sites is 1. The maximum Gasteiger partial charge on any atom is 0.286 e. The summed E-state index contributed by atoms with van der Waals surface area (Å²) >= 11 is 0. The van der Waals surface area contributed by atoms with Gasteiger partial charge in [-0.15, -0.1) is 5.10 Å². The fourth-order valence-corrected chi connectivity index (χ4v) is 3.22. The van der Waals surface area contributed by atoms with Crippen molar-refractivity contribution in [2.24, 2.45) is 7.05 Å². The zero-order valence-corrected chi connectivity index (χ0v) is 16.3. The van der Waals surface area contributed by atoms with Crippen molar-refractivity contribution >= 4 is 5.91 Å². The number of furan rings is 1. The Bertz CT molecular complexity index is 1230. The molecule has 148 valence electrons. The second kappa shape index (κ2) is 7.27. The van der Waals surface area contributed by atoms with Crippen LogP contribution in [0.4, 0.5) is 0 Å². The van der Waals surface area contributed by atoms with Gasteiger partial charge in [0.1, 0.15) is 18.0 Å². The summed E-state index contributed by atoms with van der Waals surface area (Å²) in [5.41, 5.74) is 2.37. The van der Waals surface area contributed by atoms with Crippen LogP contribution in [0.5, 0.6) is 0 Å². The molecule has 4 aromatic rings. The van der Waals surface area contributed by atoms with E-state index in [1.54, 1.807) is 39.4 Å². The van der Waals surface area contributed by atoms with E-state index in [0.29, 0.717) is 23.6 Å². The van der Waals surface area contributed by atoms with Crippen LogP contribution in [0.2, 0.25) is 0 Å². The number of hydrogen-bond acceptors (Lipinski definition) is 5. The largest absolute Gasteiger partial charge is 0.454 e. The quantitative estimate of drug-likeness (QED) is 0.558. The third-order valence-electron chi connectivity index (χ3n) is 4.78. The lowest BCUT2D eigenvalue weighted by molar-refractivity contribution is 0.0933. The lowest BCUT2D eigenvalue weighted by atomic mass is 10.2. The van der Waals surface area contributed by atoms with Crippen LogP contribution in [0.15, 0.2) is 57.9 Å². The predicted octanol–water partition coefficient (Wildman–Crippen LogP) is 1.74. The van der Waals surface area contributed by atoms with Crippen molar-refractivity contribution in [1.29, 1.82) is 0 Å². The Labute approximate surface area is 166 Å². The lowest BCUT2D eigenvalue weighted by Gasteiger charge is -2.07. The van der Waals surface area contributed by atoms with E-state index < -0.39 is 0 Å². The molecule has 1 amide bonds. The minimum Gasteiger partial charge on any atom is -0.454 e. The second-order valence-corrected chi connectivity index (χ2v) is 6.58. The first kappa shape index (κ1) is 18.5. The number of carbonyl (C=O) groups is 1. The van der Waals surface area contributed by atoms with Crippen LogP contribution in [-0.2, 0) is 13.6 Å². The lowest BCUT2D eigenvalue weighted by Crippen LogP contribution is -2.20. The second-order valence-electron chi connectivity index (χ2n) is 6.58. The minimum absolute atomic E-state index is 0.164. The Hall–Kier alpha value is -3.88. The minimum atomic E-state index is -0.295. The van der Waals surface area contributed by atoms with Crippen LogP contribution in [0.25, 0.3) is 16.9 Å². The highest BCUT2D eigenvalue weighted by atomic mass is 16.4. The average molecular weight is 392 g/mol. The van der Waals surface area contributed by atoms with E-state index in [1.807, 2.05) is 44.3 Å². The van der Waals surface area contributed by atoms with Gasteiger partial charge in [-0.05, 0) is 31.2 Å². The molecule has 0 unspecified atom stereocenters. The van der Waals surface area contributed by atoms with Crippen LogP contribution in [0.3, 0.4) is 0 Å². The van der Waals surface area contributed by atoms with Crippen LogP contribution in [-0.4, -0.2) is 37.3 Å². The first-order valence-electron chi connectivity index (χ1n) is 9.05. The monoisotopic (exact) mass is 392 g/mol. The van der Waals surface area contributed by atoms with Crippen molar-refractivity contribution < 1.29 is 9.21 Å². The van der Waals surface area contributed by atoms with E-state index in [0.717, 1.165) is 11.4 Å². The van der Waals surface area contributed by atoms with Crippen molar-refractivity contribution in [3.05, 3.63) is 76.2 Å². The first-order chi connectivity index (χ1) is 14.0. The topological polar surface area (TPSA) is 99.9 Å². The van der Waals surface area contributed by atoms with Gasteiger partial charge in [-0.1, -0.05) is 23.4 Å². The molecule has 9 nitrogen and oxygen atoms in total. The molecule has 29 heavy (non-hydrogen) atoms. The molecule has 0 atom stereocenters. The van der Waals surface area contributed by atoms with Gasteiger partial charge in [0.05, 0.1) is 17.4 Å². The fourth-order valence-electron chi connectivity index (χ4n) is 3.22. The SMILES string of the molecule is CNC(=O)c1ccc(Cn2cc(-c3c(C)n(C)n(-c4ccccc4)c3=O)nn2)o1. The van der Waals surface area contributed by atoms with Gasteiger partial charge in [0.15, 0.2) is 5.76 Å². The van der Waals surface area contributed by atoms with Crippen molar-refractivity contribution in [1.82, 2.24) is 29.7 Å². The van der Waals surface area contributed by atoms with E-state index in [-0.39, 0.29) is 17.2 Å². The van der Waals surface area contributed by atoms with Gasteiger partial charge in [0.25, 0.3) is 11.5 Å². The number of rotatable bonds is 5. The molecule has 0 saturated heterocycles. The summed E-state index contributed by atoms with van der Waals surface area (Å²) < 4.78 is 10.5. The van der Waals surface area contributed by atoms with Gasteiger partial charge in [-0.25, -0.2) is 9.36 Å². The molecule has 3 aromatic heterocycles. The average Bonchev–Trinajstić information content (AvgIpc) is 3.43. The zero-order chi connectivity index (χ0) is 20.5. The van der Waals surface area contributed by atoms with Crippen molar-refractivity contribution in [3.63, 3.8) is 0 Å². The number of nitrogens with zero attached hydrogens (tertiary/aromatic N) is 5. The first-order valence-corrected chi connectivity index (χ1v) is 9.05. The number of carbonyl (C=O) groups excluding carboxylic acids is 1. The van der Waals surface area contributed by atoms with Gasteiger partial charge in [-0.3, -0.25) is 14.3 Å². The molecule has 0 spiro atoms. The third-order valence-corrected chi connectivity index (χ3v) is 4.78. The Morgan fingerprint density at radius 3 is 2.66 bits per heavy atom. The Kier molecular flexibility index (Phi) is 4.63. The van der Waals surface area contributed by atoms with E-state index in [2.05, 4.69) is 15.6 Å². The molecule has 4 rings (SSSR count). The van der Waals surface area contributed by atoms with Crippen LogP contribution < -0.4 is 10.9 Å². The highest BCUT2D eigenvalue weighted by Crippen LogP contribution is 2.20. The van der Waals surface area contributed by atoms with Crippen LogP contribution in [0, 0.1) is 6.92 Å². The molecule has 0 aliphatic carbocycles. The van der Waals surface area contributed by atoms with Gasteiger partial charge in [0, 0.05) is 19.8 Å². The molecule has 3 heterocycles. The summed E-state index contributed by atoms with van der Waals surface area (Å²) in [5.74, 6) is 0.496. The van der Waals surface area contributed by atoms with Crippen molar-refractivity contribution in [3.8, 4) is 16.9 Å². The molecule has 0 bridgehead atoms. The number of nitrogens with one attached hydrogen (secondary N) is 1. The number of aromatic nitrogens is 5. The molecule has 0 radical (unpaired) electrons. The molecule has 1 N–H and O–H groups in total. The zero-order valence-electron chi connectivity index (χ0n) is 16.3. The van der Waals surface area contributed by atoms with E-state index in [9.17, 15) is 9.59 Å². The Morgan fingerprint density at radius 2 is 1.93 bits per heavy atom. The third kappa shape index (κ3) is 3.27. The normalized spacial score (nSPS) is 11.0. The van der Waals surface area contributed by atoms with Crippen LogP contribution in [0.1, 0.15) is 22.0 Å². The van der Waals surface area contributed by atoms with Crippen molar-refractivity contribution in [2.45, 2.75) is 13.5 Å². The van der Waals surface area contributed by atoms with Gasteiger partial charge >= 0.3 is 0 Å². The van der Waals surface area contributed by atoms with Crippen LogP contribution >= 0.6 is 0 Å². The van der Waals surface area contributed by atoms with Gasteiger partial charge in [0.2, 0.25) is 0 Å². The summed E-state index contributed by atoms with van der Waals surface area (Å²) in [6.45, 7) is 2.17. The molecule has 0 aliphatic rings. The maximum atomic E-state index is 13.1.